The van der Waals surface area contributed by atoms with E-state index in [0.717, 1.165) is 44.1 Å². The lowest BCUT2D eigenvalue weighted by atomic mass is 9.63. The molecular formula is C30H39NO5. The molecule has 6 nitrogen and oxygen atoms in total. The van der Waals surface area contributed by atoms with E-state index >= 15 is 0 Å². The summed E-state index contributed by atoms with van der Waals surface area (Å²) in [5.74, 6) is -0.450. The van der Waals surface area contributed by atoms with Gasteiger partial charge in [-0.1, -0.05) is 57.1 Å². The summed E-state index contributed by atoms with van der Waals surface area (Å²) in [5.41, 5.74) is 3.58. The van der Waals surface area contributed by atoms with Gasteiger partial charge in [-0.2, -0.15) is 4.91 Å². The number of esters is 1. The highest BCUT2D eigenvalue weighted by molar-refractivity contribution is 5.92. The molecule has 0 amide bonds. The SMILES string of the molecule is C=CCCCCCOC(=O)c1ccc(OCC(N=O)c2ccc3c(c2)C(C)(C)CCC3(C)C)cc1O. The highest BCUT2D eigenvalue weighted by atomic mass is 16.5. The van der Waals surface area contributed by atoms with Crippen LogP contribution in [0.1, 0.15) is 99.3 Å². The molecule has 0 saturated carbocycles. The van der Waals surface area contributed by atoms with Crippen molar-refractivity contribution in [3.05, 3.63) is 76.2 Å². The number of benzene rings is 2. The molecule has 1 atom stereocenters. The first-order chi connectivity index (χ1) is 17.1. The van der Waals surface area contributed by atoms with E-state index in [1.165, 1.54) is 23.3 Å². The van der Waals surface area contributed by atoms with E-state index in [-0.39, 0.29) is 28.7 Å². The topological polar surface area (TPSA) is 85.2 Å². The normalized spacial score (nSPS) is 16.4. The zero-order chi connectivity index (χ0) is 26.3. The van der Waals surface area contributed by atoms with Gasteiger partial charge in [0.25, 0.3) is 0 Å². The fourth-order valence-electron chi connectivity index (χ4n) is 4.76. The van der Waals surface area contributed by atoms with Crippen molar-refractivity contribution in [1.82, 2.24) is 0 Å². The number of allylic oxidation sites excluding steroid dienone is 1. The van der Waals surface area contributed by atoms with Crippen LogP contribution in [0.15, 0.2) is 54.2 Å². The van der Waals surface area contributed by atoms with Crippen LogP contribution < -0.4 is 4.74 Å². The number of hydrogen-bond acceptors (Lipinski definition) is 6. The molecule has 0 aromatic heterocycles. The number of carbonyl (C=O) groups is 1. The highest BCUT2D eigenvalue weighted by Gasteiger charge is 2.37. The van der Waals surface area contributed by atoms with Gasteiger partial charge in [-0.05, 0) is 78.2 Å². The van der Waals surface area contributed by atoms with Gasteiger partial charge in [0.1, 0.15) is 23.7 Å². The molecule has 0 aliphatic heterocycles. The number of carbonyl (C=O) groups excluding carboxylic acids is 1. The van der Waals surface area contributed by atoms with Gasteiger partial charge in [-0.15, -0.1) is 6.58 Å². The minimum Gasteiger partial charge on any atom is -0.507 e. The minimum absolute atomic E-state index is 0.0248. The van der Waals surface area contributed by atoms with Crippen molar-refractivity contribution in [2.24, 2.45) is 5.18 Å². The van der Waals surface area contributed by atoms with Crippen LogP contribution in [0.5, 0.6) is 11.5 Å². The second-order valence-electron chi connectivity index (χ2n) is 11.0. The third-order valence-electron chi connectivity index (χ3n) is 7.27. The molecule has 0 fully saturated rings. The summed E-state index contributed by atoms with van der Waals surface area (Å²) in [5, 5.41) is 13.7. The van der Waals surface area contributed by atoms with Gasteiger partial charge in [0.05, 0.1) is 6.61 Å². The highest BCUT2D eigenvalue weighted by Crippen LogP contribution is 2.46. The van der Waals surface area contributed by atoms with Crippen LogP contribution >= 0.6 is 0 Å². The van der Waals surface area contributed by atoms with Crippen LogP contribution in [0, 0.1) is 4.91 Å². The molecule has 0 heterocycles. The maximum absolute atomic E-state index is 12.3. The maximum atomic E-state index is 12.3. The third-order valence-corrected chi connectivity index (χ3v) is 7.27. The number of phenols is 1. The molecule has 0 saturated heterocycles. The van der Waals surface area contributed by atoms with Gasteiger partial charge in [0, 0.05) is 6.07 Å². The first-order valence-corrected chi connectivity index (χ1v) is 12.8. The van der Waals surface area contributed by atoms with Crippen LogP contribution in [0.4, 0.5) is 0 Å². The molecule has 0 radical (unpaired) electrons. The Bertz CT molecular complexity index is 1090. The molecular weight excluding hydrogens is 454 g/mol. The number of nitrogens with zero attached hydrogens (tertiary/aromatic N) is 1. The number of aromatic hydroxyl groups is 1. The Kier molecular flexibility index (Phi) is 8.93. The predicted octanol–water partition coefficient (Wildman–Crippen LogP) is 7.53. The van der Waals surface area contributed by atoms with E-state index in [1.807, 2.05) is 12.1 Å². The molecule has 1 aliphatic carbocycles. The molecule has 2 aromatic rings. The summed E-state index contributed by atoms with van der Waals surface area (Å²) in [4.78, 5) is 24.0. The summed E-state index contributed by atoms with van der Waals surface area (Å²) in [6.45, 7) is 13.0. The first-order valence-electron chi connectivity index (χ1n) is 12.8. The van der Waals surface area contributed by atoms with Crippen molar-refractivity contribution in [3.63, 3.8) is 0 Å². The summed E-state index contributed by atoms with van der Waals surface area (Å²) in [7, 11) is 0. The van der Waals surface area contributed by atoms with Gasteiger partial charge in [-0.3, -0.25) is 0 Å². The van der Waals surface area contributed by atoms with Crippen molar-refractivity contribution < 1.29 is 19.4 Å². The van der Waals surface area contributed by atoms with E-state index in [0.29, 0.717) is 12.4 Å². The van der Waals surface area contributed by atoms with E-state index in [1.54, 1.807) is 6.07 Å². The molecule has 6 heteroatoms. The molecule has 0 spiro atoms. The first kappa shape index (κ1) is 27.4. The lowest BCUT2D eigenvalue weighted by Gasteiger charge is -2.42. The lowest BCUT2D eigenvalue weighted by Crippen LogP contribution is -2.34. The summed E-state index contributed by atoms with van der Waals surface area (Å²) >= 11 is 0. The predicted molar refractivity (Wildman–Crippen MR) is 143 cm³/mol. The monoisotopic (exact) mass is 493 g/mol. The van der Waals surface area contributed by atoms with Crippen LogP contribution in [0.3, 0.4) is 0 Å². The maximum Gasteiger partial charge on any atom is 0.341 e. The largest absolute Gasteiger partial charge is 0.507 e. The zero-order valence-electron chi connectivity index (χ0n) is 22.0. The van der Waals surface area contributed by atoms with Crippen molar-refractivity contribution in [2.75, 3.05) is 13.2 Å². The molecule has 1 unspecified atom stereocenters. The molecule has 1 aliphatic rings. The van der Waals surface area contributed by atoms with Crippen LogP contribution in [0.25, 0.3) is 0 Å². The van der Waals surface area contributed by atoms with E-state index < -0.39 is 12.0 Å². The lowest BCUT2D eigenvalue weighted by molar-refractivity contribution is 0.0494. The summed E-state index contributed by atoms with van der Waals surface area (Å²) in [6, 6.07) is 9.91. The average Bonchev–Trinajstić information content (AvgIpc) is 2.84. The van der Waals surface area contributed by atoms with Gasteiger partial charge in [-0.25, -0.2) is 4.79 Å². The summed E-state index contributed by atoms with van der Waals surface area (Å²) < 4.78 is 11.0. The van der Waals surface area contributed by atoms with E-state index in [9.17, 15) is 14.8 Å². The molecule has 36 heavy (non-hydrogen) atoms. The number of rotatable bonds is 12. The number of ether oxygens (including phenoxy) is 2. The zero-order valence-corrected chi connectivity index (χ0v) is 22.0. The average molecular weight is 494 g/mol. The molecule has 3 rings (SSSR count). The third kappa shape index (κ3) is 6.54. The van der Waals surface area contributed by atoms with Gasteiger partial charge in [0.2, 0.25) is 0 Å². The molecule has 2 aromatic carbocycles. The Morgan fingerprint density at radius 3 is 2.44 bits per heavy atom. The Balaban J connectivity index is 1.63. The van der Waals surface area contributed by atoms with Gasteiger partial charge >= 0.3 is 5.97 Å². The van der Waals surface area contributed by atoms with Crippen molar-refractivity contribution in [1.29, 1.82) is 0 Å². The van der Waals surface area contributed by atoms with E-state index in [4.69, 9.17) is 9.47 Å². The standard InChI is InChI=1S/C30H39NO5/c1-6-7-8-9-10-17-35-28(33)23-13-12-22(19-27(23)32)36-20-26(31-34)21-11-14-24-25(18-21)30(4,5)16-15-29(24,2)3/h6,11-14,18-19,26,32H,1,7-10,15-17,20H2,2-5H3. The Hall–Kier alpha value is -3.15. The number of fused-ring (bicyclic) bond motifs is 1. The van der Waals surface area contributed by atoms with Gasteiger partial charge < -0.3 is 14.6 Å². The molecule has 0 bridgehead atoms. The second kappa shape index (κ2) is 11.7. The fourth-order valence-corrected chi connectivity index (χ4v) is 4.76. The van der Waals surface area contributed by atoms with Gasteiger partial charge in [0.15, 0.2) is 6.04 Å². The Labute approximate surface area is 214 Å². The van der Waals surface area contributed by atoms with Crippen molar-refractivity contribution >= 4 is 5.97 Å². The van der Waals surface area contributed by atoms with Crippen molar-refractivity contribution in [3.8, 4) is 11.5 Å². The minimum atomic E-state index is -0.691. The van der Waals surface area contributed by atoms with Crippen molar-refractivity contribution in [2.45, 2.75) is 83.1 Å². The number of nitroso groups, excluding NO2 is 1. The second-order valence-corrected chi connectivity index (χ2v) is 11.0. The summed E-state index contributed by atoms with van der Waals surface area (Å²) in [6.07, 6.45) is 7.73. The number of unbranched alkanes of at least 4 members (excludes halogenated alkanes) is 3. The quantitative estimate of drug-likeness (QED) is 0.143. The van der Waals surface area contributed by atoms with Crippen LogP contribution in [-0.2, 0) is 15.6 Å². The number of phenolic OH excluding ortho intramolecular Hbond substituents is 1. The smallest absolute Gasteiger partial charge is 0.341 e. The Morgan fingerprint density at radius 1 is 1.06 bits per heavy atom. The molecule has 1 N–H and O–H groups in total. The number of hydrogen-bond donors (Lipinski definition) is 1. The van der Waals surface area contributed by atoms with Crippen LogP contribution in [-0.4, -0.2) is 24.3 Å². The van der Waals surface area contributed by atoms with E-state index in [2.05, 4.69) is 51.6 Å². The fraction of sp³-hybridized carbons (Fsp3) is 0.500. The molecule has 194 valence electrons. The van der Waals surface area contributed by atoms with Crippen LogP contribution in [0.2, 0.25) is 0 Å². The Morgan fingerprint density at radius 2 is 1.78 bits per heavy atom.